The molecule has 0 saturated heterocycles. The van der Waals surface area contributed by atoms with Crippen molar-refractivity contribution in [2.45, 2.75) is 39.7 Å². The van der Waals surface area contributed by atoms with Crippen LogP contribution in [0.5, 0.6) is 5.75 Å². The molecular formula is C37H35N3O2. The predicted octanol–water partition coefficient (Wildman–Crippen LogP) is 8.16. The van der Waals surface area contributed by atoms with Crippen LogP contribution in [0.4, 0.5) is 5.69 Å². The van der Waals surface area contributed by atoms with E-state index in [4.69, 9.17) is 4.74 Å². The van der Waals surface area contributed by atoms with Gasteiger partial charge in [-0.2, -0.15) is 10.1 Å². The van der Waals surface area contributed by atoms with Gasteiger partial charge in [-0.3, -0.25) is 4.79 Å². The summed E-state index contributed by atoms with van der Waals surface area (Å²) in [5.74, 6) is 0.737. The van der Waals surface area contributed by atoms with Gasteiger partial charge in [-0.05, 0) is 61.4 Å². The number of hydrogen-bond acceptors (Lipinski definition) is 3. The lowest BCUT2D eigenvalue weighted by Gasteiger charge is -2.26. The van der Waals surface area contributed by atoms with Crippen molar-refractivity contribution in [3.63, 3.8) is 0 Å². The Labute approximate surface area is 247 Å². The van der Waals surface area contributed by atoms with Crippen LogP contribution in [0.2, 0.25) is 0 Å². The highest BCUT2D eigenvalue weighted by Gasteiger charge is 2.29. The minimum absolute atomic E-state index is 0.0895. The summed E-state index contributed by atoms with van der Waals surface area (Å²) in [7, 11) is 0. The monoisotopic (exact) mass is 553 g/mol. The van der Waals surface area contributed by atoms with Crippen molar-refractivity contribution in [1.29, 1.82) is 0 Å². The largest absolute Gasteiger partial charge is 0.492 e. The van der Waals surface area contributed by atoms with Crippen LogP contribution in [0.25, 0.3) is 17.0 Å². The van der Waals surface area contributed by atoms with Crippen LogP contribution in [0.1, 0.15) is 43.2 Å². The van der Waals surface area contributed by atoms with E-state index >= 15 is 0 Å². The summed E-state index contributed by atoms with van der Waals surface area (Å²) in [4.78, 5) is 13.4. The molecule has 0 aliphatic carbocycles. The fraction of sp³-hybridized carbons (Fsp3) is 0.189. The topological polar surface area (TPSA) is 46.8 Å². The molecule has 0 atom stereocenters. The maximum Gasteiger partial charge on any atom is 0.280 e. The number of benzene rings is 4. The van der Waals surface area contributed by atoms with Crippen molar-refractivity contribution in [3.05, 3.63) is 137 Å². The van der Waals surface area contributed by atoms with Crippen molar-refractivity contribution in [2.24, 2.45) is 5.10 Å². The molecule has 0 N–H and O–H groups in total. The van der Waals surface area contributed by atoms with Gasteiger partial charge in [0.2, 0.25) is 0 Å². The number of hydrogen-bond donors (Lipinski definition) is 0. The summed E-state index contributed by atoms with van der Waals surface area (Å²) >= 11 is 0. The van der Waals surface area contributed by atoms with Gasteiger partial charge in [0.15, 0.2) is 0 Å². The van der Waals surface area contributed by atoms with Gasteiger partial charge < -0.3 is 9.30 Å². The van der Waals surface area contributed by atoms with Crippen molar-refractivity contribution < 1.29 is 9.53 Å². The molecule has 1 amide bonds. The lowest BCUT2D eigenvalue weighted by atomic mass is 9.78. The minimum atomic E-state index is -0.114. The van der Waals surface area contributed by atoms with Crippen molar-refractivity contribution >= 4 is 34.3 Å². The maximum absolute atomic E-state index is 13.4. The minimum Gasteiger partial charge on any atom is -0.492 e. The Morgan fingerprint density at radius 3 is 2.12 bits per heavy atom. The highest BCUT2D eigenvalue weighted by atomic mass is 16.5. The summed E-state index contributed by atoms with van der Waals surface area (Å²) in [5.41, 5.74) is 7.76. The van der Waals surface area contributed by atoms with Gasteiger partial charge in [-0.15, -0.1) is 0 Å². The smallest absolute Gasteiger partial charge is 0.280 e. The second-order valence-electron chi connectivity index (χ2n) is 11.2. The number of carbonyl (C=O) groups excluding carboxylic acids is 1. The molecule has 42 heavy (non-hydrogen) atoms. The number of anilines is 1. The van der Waals surface area contributed by atoms with E-state index in [1.54, 1.807) is 0 Å². The molecule has 0 radical (unpaired) electrons. The van der Waals surface area contributed by atoms with E-state index in [0.717, 1.165) is 33.6 Å². The summed E-state index contributed by atoms with van der Waals surface area (Å²) in [6, 6.07) is 36.9. The Hall–Kier alpha value is -4.90. The lowest BCUT2D eigenvalue weighted by molar-refractivity contribution is -0.114. The van der Waals surface area contributed by atoms with E-state index in [1.165, 1.54) is 16.1 Å². The van der Waals surface area contributed by atoms with Crippen LogP contribution in [0.3, 0.4) is 0 Å². The van der Waals surface area contributed by atoms with Crippen LogP contribution in [-0.2, 0) is 16.8 Å². The molecule has 4 aromatic carbocycles. The summed E-state index contributed by atoms with van der Waals surface area (Å²) in [6.45, 7) is 9.70. The summed E-state index contributed by atoms with van der Waals surface area (Å²) < 4.78 is 8.48. The van der Waals surface area contributed by atoms with Gasteiger partial charge >= 0.3 is 0 Å². The van der Waals surface area contributed by atoms with E-state index in [0.29, 0.717) is 24.4 Å². The molecule has 1 aromatic heterocycles. The van der Waals surface area contributed by atoms with Crippen molar-refractivity contribution in [2.75, 3.05) is 11.6 Å². The maximum atomic E-state index is 13.4. The Bertz CT molecular complexity index is 1800. The van der Waals surface area contributed by atoms with E-state index in [9.17, 15) is 4.79 Å². The fourth-order valence-electron chi connectivity index (χ4n) is 5.75. The quantitative estimate of drug-likeness (QED) is 0.182. The first-order chi connectivity index (χ1) is 20.3. The first-order valence-corrected chi connectivity index (χ1v) is 14.4. The number of ether oxygens (including phenoxy) is 1. The second-order valence-corrected chi connectivity index (χ2v) is 11.2. The average Bonchev–Trinajstić information content (AvgIpc) is 3.46. The molecule has 1 aliphatic rings. The van der Waals surface area contributed by atoms with Crippen molar-refractivity contribution in [3.8, 4) is 5.75 Å². The van der Waals surface area contributed by atoms with Crippen LogP contribution in [0, 0.1) is 6.92 Å². The molecule has 1 aliphatic heterocycles. The third kappa shape index (κ3) is 5.03. The van der Waals surface area contributed by atoms with Gasteiger partial charge in [0.05, 0.1) is 23.5 Å². The zero-order valence-electron chi connectivity index (χ0n) is 24.5. The molecule has 5 aromatic rings. The third-order valence-corrected chi connectivity index (χ3v) is 8.29. The molecule has 0 unspecified atom stereocenters. The standard InChI is InChI=1S/C37H35N3O2/c1-26-33(36(41)40(38-26)30-15-9-6-10-16-30)25-34-27(2)39(35-18-12-11-17-32(34)35)23-24-42-31-21-19-29(20-22-31)37(3,4)28-13-7-5-8-14-28/h5-22,25H,23-24H2,1-4H3/b33-25+. The Morgan fingerprint density at radius 2 is 1.40 bits per heavy atom. The molecule has 0 spiro atoms. The first-order valence-electron chi connectivity index (χ1n) is 14.4. The SMILES string of the molecule is CC1=NN(c2ccccc2)C(=O)/C1=C/c1c(C)n(CCOc2ccc(C(C)(C)c3ccccc3)cc2)c2ccccc12. The number of fused-ring (bicyclic) bond motifs is 1. The molecule has 0 fully saturated rings. The van der Waals surface area contributed by atoms with Crippen LogP contribution in [0.15, 0.2) is 120 Å². The number of para-hydroxylation sites is 2. The van der Waals surface area contributed by atoms with Crippen LogP contribution < -0.4 is 9.75 Å². The molecule has 0 bridgehead atoms. The highest BCUT2D eigenvalue weighted by molar-refractivity contribution is 6.32. The Balaban J connectivity index is 1.21. The second kappa shape index (κ2) is 11.2. The first kappa shape index (κ1) is 27.3. The fourth-order valence-corrected chi connectivity index (χ4v) is 5.75. The van der Waals surface area contributed by atoms with E-state index in [-0.39, 0.29) is 11.3 Å². The number of rotatable bonds is 8. The Kier molecular flexibility index (Phi) is 7.26. The van der Waals surface area contributed by atoms with Crippen molar-refractivity contribution in [1.82, 2.24) is 4.57 Å². The zero-order valence-corrected chi connectivity index (χ0v) is 24.5. The highest BCUT2D eigenvalue weighted by Crippen LogP contribution is 2.33. The van der Waals surface area contributed by atoms with Gasteiger partial charge in [0.1, 0.15) is 12.4 Å². The third-order valence-electron chi connectivity index (χ3n) is 8.29. The molecule has 5 heteroatoms. The molecule has 6 rings (SSSR count). The van der Waals surface area contributed by atoms with Gasteiger partial charge in [0, 0.05) is 27.6 Å². The number of nitrogens with zero attached hydrogens (tertiary/aromatic N) is 3. The van der Waals surface area contributed by atoms with E-state index in [2.05, 4.69) is 97.2 Å². The zero-order chi connectivity index (χ0) is 29.3. The van der Waals surface area contributed by atoms with Crippen LogP contribution >= 0.6 is 0 Å². The Morgan fingerprint density at radius 1 is 0.786 bits per heavy atom. The van der Waals surface area contributed by atoms with Gasteiger partial charge in [0.25, 0.3) is 5.91 Å². The molecule has 210 valence electrons. The number of carbonyl (C=O) groups is 1. The number of amides is 1. The van der Waals surface area contributed by atoms with Gasteiger partial charge in [-0.1, -0.05) is 92.7 Å². The molecule has 2 heterocycles. The molecule has 5 nitrogen and oxygen atoms in total. The van der Waals surface area contributed by atoms with E-state index in [1.807, 2.05) is 55.5 Å². The molecule has 0 saturated carbocycles. The van der Waals surface area contributed by atoms with E-state index < -0.39 is 0 Å². The number of aromatic nitrogens is 1. The summed E-state index contributed by atoms with van der Waals surface area (Å²) in [5, 5.41) is 7.15. The number of hydrazone groups is 1. The predicted molar refractivity (Wildman–Crippen MR) is 172 cm³/mol. The van der Waals surface area contributed by atoms with Crippen LogP contribution in [-0.4, -0.2) is 22.8 Å². The average molecular weight is 554 g/mol. The van der Waals surface area contributed by atoms with Gasteiger partial charge in [-0.25, -0.2) is 0 Å². The molecular weight excluding hydrogens is 518 g/mol. The normalized spacial score (nSPS) is 14.6. The summed E-state index contributed by atoms with van der Waals surface area (Å²) in [6.07, 6.45) is 1.99. The lowest BCUT2D eigenvalue weighted by Crippen LogP contribution is -2.21.